The smallest absolute Gasteiger partial charge is 0.341 e. The zero-order chi connectivity index (χ0) is 15.6. The molecule has 0 fully saturated rings. The Bertz CT molecular complexity index is 713. The summed E-state index contributed by atoms with van der Waals surface area (Å²) in [4.78, 5) is 18.2. The topological polar surface area (TPSA) is 75.1 Å². The van der Waals surface area contributed by atoms with Gasteiger partial charge in [-0.05, 0) is 23.7 Å². The van der Waals surface area contributed by atoms with Gasteiger partial charge < -0.3 is 10.4 Å². The van der Waals surface area contributed by atoms with E-state index >= 15 is 0 Å². The number of aromatic nitrogens is 2. The molecule has 2 rings (SSSR count). The van der Waals surface area contributed by atoms with Crippen LogP contribution < -0.4 is 5.32 Å². The van der Waals surface area contributed by atoms with Crippen LogP contribution in [0.15, 0.2) is 18.3 Å². The maximum absolute atomic E-state index is 13.6. The molecule has 1 heterocycles. The number of anilines is 1. The number of nitrogens with zero attached hydrogens (tertiary/aromatic N) is 2. The number of nitrogens with one attached hydrogen (secondary N) is 1. The molecule has 9 heteroatoms. The summed E-state index contributed by atoms with van der Waals surface area (Å²) in [7, 11) is 0. The van der Waals surface area contributed by atoms with E-state index in [2.05, 4.69) is 15.3 Å². The van der Waals surface area contributed by atoms with Gasteiger partial charge in [-0.25, -0.2) is 18.6 Å². The summed E-state index contributed by atoms with van der Waals surface area (Å²) in [5, 5.41) is 11.0. The third-order valence-corrected chi connectivity index (χ3v) is 3.15. The van der Waals surface area contributed by atoms with Crippen LogP contribution in [0.1, 0.15) is 15.9 Å². The summed E-state index contributed by atoms with van der Waals surface area (Å²) in [5.41, 5.74) is -0.407. The summed E-state index contributed by atoms with van der Waals surface area (Å²) in [6, 6.07) is 1.81. The van der Waals surface area contributed by atoms with E-state index in [4.69, 9.17) is 28.3 Å². The largest absolute Gasteiger partial charge is 0.477 e. The number of hydrogen-bond donors (Lipinski definition) is 2. The van der Waals surface area contributed by atoms with Gasteiger partial charge in [-0.3, -0.25) is 0 Å². The van der Waals surface area contributed by atoms with E-state index in [0.29, 0.717) is 0 Å². The van der Waals surface area contributed by atoms with Crippen molar-refractivity contribution in [2.75, 3.05) is 5.32 Å². The fraction of sp³-hybridized carbons (Fsp3) is 0.0833. The lowest BCUT2D eigenvalue weighted by molar-refractivity contribution is 0.0697. The number of halogens is 4. The SMILES string of the molecule is O=C(O)c1cnc(Cl)nc1NCc1c(F)ccc(F)c1Cl. The second kappa shape index (κ2) is 6.19. The normalized spacial score (nSPS) is 10.5. The Kier molecular flexibility index (Phi) is 4.54. The van der Waals surface area contributed by atoms with Gasteiger partial charge in [0.15, 0.2) is 0 Å². The maximum Gasteiger partial charge on any atom is 0.341 e. The van der Waals surface area contributed by atoms with Crippen LogP contribution in [-0.4, -0.2) is 21.0 Å². The Morgan fingerprint density at radius 2 is 1.95 bits per heavy atom. The Balaban J connectivity index is 2.31. The first-order valence-corrected chi connectivity index (χ1v) is 6.28. The van der Waals surface area contributed by atoms with Crippen molar-refractivity contribution in [3.05, 3.63) is 51.4 Å². The predicted molar refractivity (Wildman–Crippen MR) is 72.7 cm³/mol. The second-order valence-electron chi connectivity index (χ2n) is 3.88. The van der Waals surface area contributed by atoms with E-state index in [-0.39, 0.29) is 33.8 Å². The molecule has 2 N–H and O–H groups in total. The highest BCUT2D eigenvalue weighted by atomic mass is 35.5. The fourth-order valence-corrected chi connectivity index (χ4v) is 1.91. The minimum Gasteiger partial charge on any atom is -0.477 e. The standard InChI is InChI=1S/C12H7Cl2F2N3O2/c13-9-5(7(15)1-2-8(9)16)3-17-10-6(11(20)21)4-18-12(14)19-10/h1-2,4H,3H2,(H,20,21)(H,17,18,19). The number of carbonyl (C=O) groups is 1. The number of carboxylic acids is 1. The Morgan fingerprint density at radius 3 is 2.62 bits per heavy atom. The molecular formula is C12H7Cl2F2N3O2. The van der Waals surface area contributed by atoms with Gasteiger partial charge in [-0.15, -0.1) is 0 Å². The van der Waals surface area contributed by atoms with Gasteiger partial charge in [-0.2, -0.15) is 4.98 Å². The third-order valence-electron chi connectivity index (χ3n) is 2.56. The molecule has 0 saturated carbocycles. The molecule has 21 heavy (non-hydrogen) atoms. The number of carboxylic acid groups (broad SMARTS) is 1. The van der Waals surface area contributed by atoms with Crippen LogP contribution in [0.4, 0.5) is 14.6 Å². The highest BCUT2D eigenvalue weighted by Crippen LogP contribution is 2.24. The Hall–Kier alpha value is -1.99. The summed E-state index contributed by atoms with van der Waals surface area (Å²) in [6.45, 7) is -0.268. The monoisotopic (exact) mass is 333 g/mol. The molecule has 0 bridgehead atoms. The molecule has 0 unspecified atom stereocenters. The van der Waals surface area contributed by atoms with Gasteiger partial charge in [0.05, 0.1) is 5.02 Å². The van der Waals surface area contributed by atoms with E-state index in [1.54, 1.807) is 0 Å². The van der Waals surface area contributed by atoms with Gasteiger partial charge in [0.1, 0.15) is 23.0 Å². The zero-order valence-electron chi connectivity index (χ0n) is 10.2. The minimum absolute atomic E-state index is 0.123. The van der Waals surface area contributed by atoms with Crippen LogP contribution in [0.5, 0.6) is 0 Å². The van der Waals surface area contributed by atoms with Crippen molar-refractivity contribution in [2.45, 2.75) is 6.54 Å². The fourth-order valence-electron chi connectivity index (χ4n) is 1.55. The number of benzene rings is 1. The molecule has 0 spiro atoms. The Labute approximate surface area is 127 Å². The van der Waals surface area contributed by atoms with E-state index < -0.39 is 17.6 Å². The lowest BCUT2D eigenvalue weighted by atomic mass is 10.2. The average Bonchev–Trinajstić information content (AvgIpc) is 2.43. The van der Waals surface area contributed by atoms with Crippen LogP contribution in [-0.2, 0) is 6.54 Å². The van der Waals surface area contributed by atoms with Crippen molar-refractivity contribution in [1.82, 2.24) is 9.97 Å². The quantitative estimate of drug-likeness (QED) is 0.662. The van der Waals surface area contributed by atoms with E-state index in [9.17, 15) is 13.6 Å². The molecule has 5 nitrogen and oxygen atoms in total. The molecule has 0 aliphatic carbocycles. The lowest BCUT2D eigenvalue weighted by Gasteiger charge is -2.10. The van der Waals surface area contributed by atoms with Gasteiger partial charge in [-0.1, -0.05) is 11.6 Å². The van der Waals surface area contributed by atoms with E-state index in [0.717, 1.165) is 18.3 Å². The molecule has 0 atom stereocenters. The van der Waals surface area contributed by atoms with Crippen LogP contribution in [0.3, 0.4) is 0 Å². The van der Waals surface area contributed by atoms with Gasteiger partial charge in [0.2, 0.25) is 5.28 Å². The first kappa shape index (κ1) is 15.4. The molecule has 0 amide bonds. The first-order chi connectivity index (χ1) is 9.90. The molecule has 1 aromatic carbocycles. The molecule has 0 aliphatic rings. The van der Waals surface area contributed by atoms with E-state index in [1.165, 1.54) is 0 Å². The van der Waals surface area contributed by atoms with Gasteiger partial charge in [0, 0.05) is 18.3 Å². The minimum atomic E-state index is -1.29. The number of hydrogen-bond acceptors (Lipinski definition) is 4. The molecule has 110 valence electrons. The van der Waals surface area contributed by atoms with Crippen molar-refractivity contribution in [2.24, 2.45) is 0 Å². The van der Waals surface area contributed by atoms with Crippen LogP contribution in [0.25, 0.3) is 0 Å². The summed E-state index contributed by atoms with van der Waals surface area (Å²) in [5.74, 6) is -2.93. The molecule has 0 aliphatic heterocycles. The summed E-state index contributed by atoms with van der Waals surface area (Å²) >= 11 is 11.2. The van der Waals surface area contributed by atoms with Gasteiger partial charge in [0.25, 0.3) is 0 Å². The zero-order valence-corrected chi connectivity index (χ0v) is 11.7. The number of rotatable bonds is 4. The maximum atomic E-state index is 13.6. The van der Waals surface area contributed by atoms with Crippen molar-refractivity contribution in [1.29, 1.82) is 0 Å². The lowest BCUT2D eigenvalue weighted by Crippen LogP contribution is -2.11. The van der Waals surface area contributed by atoms with Crippen molar-refractivity contribution in [3.8, 4) is 0 Å². The molecular weight excluding hydrogens is 327 g/mol. The Morgan fingerprint density at radius 1 is 1.29 bits per heavy atom. The van der Waals surface area contributed by atoms with Crippen LogP contribution in [0, 0.1) is 11.6 Å². The highest BCUT2D eigenvalue weighted by molar-refractivity contribution is 6.31. The second-order valence-corrected chi connectivity index (χ2v) is 4.60. The van der Waals surface area contributed by atoms with Crippen molar-refractivity contribution in [3.63, 3.8) is 0 Å². The van der Waals surface area contributed by atoms with Crippen molar-refractivity contribution < 1.29 is 18.7 Å². The van der Waals surface area contributed by atoms with E-state index in [1.807, 2.05) is 0 Å². The van der Waals surface area contributed by atoms with Crippen LogP contribution in [0.2, 0.25) is 10.3 Å². The molecule has 2 aromatic rings. The first-order valence-electron chi connectivity index (χ1n) is 5.52. The molecule has 0 radical (unpaired) electrons. The third kappa shape index (κ3) is 3.37. The molecule has 0 saturated heterocycles. The van der Waals surface area contributed by atoms with Crippen LogP contribution >= 0.6 is 23.2 Å². The summed E-state index contributed by atoms with van der Waals surface area (Å²) < 4.78 is 26.9. The highest BCUT2D eigenvalue weighted by Gasteiger charge is 2.16. The number of aromatic carboxylic acids is 1. The summed E-state index contributed by atoms with van der Waals surface area (Å²) in [6.07, 6.45) is 1.00. The average molecular weight is 334 g/mol. The predicted octanol–water partition coefficient (Wildman–Crippen LogP) is 3.37. The van der Waals surface area contributed by atoms with Gasteiger partial charge >= 0.3 is 5.97 Å². The molecule has 1 aromatic heterocycles. The van der Waals surface area contributed by atoms with Crippen molar-refractivity contribution >= 4 is 35.0 Å².